The first-order valence-electron chi connectivity index (χ1n) is 7.29. The van der Waals surface area contributed by atoms with Gasteiger partial charge in [0.15, 0.2) is 30.0 Å². The minimum Gasteiger partial charge on any atom is -0.493 e. The summed E-state index contributed by atoms with van der Waals surface area (Å²) in [4.78, 5) is 34.7. The molecule has 1 amide bonds. The van der Waals surface area contributed by atoms with Gasteiger partial charge in [-0.2, -0.15) is 0 Å². The van der Waals surface area contributed by atoms with Gasteiger partial charge in [0.05, 0.1) is 7.11 Å². The van der Waals surface area contributed by atoms with Crippen molar-refractivity contribution >= 4 is 17.7 Å². The van der Waals surface area contributed by atoms with Crippen LogP contribution in [0.5, 0.6) is 11.5 Å². The number of rotatable bonds is 9. The van der Waals surface area contributed by atoms with Gasteiger partial charge >= 0.3 is 5.97 Å². The summed E-state index contributed by atoms with van der Waals surface area (Å²) in [5.41, 5.74) is 0.467. The van der Waals surface area contributed by atoms with E-state index in [1.165, 1.54) is 39.2 Å². The van der Waals surface area contributed by atoms with Crippen LogP contribution in [0.1, 0.15) is 24.2 Å². The van der Waals surface area contributed by atoms with E-state index in [9.17, 15) is 14.4 Å². The van der Waals surface area contributed by atoms with Crippen LogP contribution in [0.4, 0.5) is 0 Å². The van der Waals surface area contributed by atoms with Crippen molar-refractivity contribution in [1.29, 1.82) is 0 Å². The first-order valence-corrected chi connectivity index (χ1v) is 7.29. The minimum atomic E-state index is -0.942. The molecular formula is C17H21NO6. The molecular weight excluding hydrogens is 314 g/mol. The smallest absolute Gasteiger partial charge is 0.344 e. The maximum absolute atomic E-state index is 11.7. The number of carbonyl (C=O) groups excluding carboxylic acids is 3. The van der Waals surface area contributed by atoms with Crippen molar-refractivity contribution in [3.8, 4) is 11.5 Å². The highest BCUT2D eigenvalue weighted by Crippen LogP contribution is 2.28. The normalized spacial score (nSPS) is 11.1. The van der Waals surface area contributed by atoms with Crippen LogP contribution < -0.4 is 14.8 Å². The topological polar surface area (TPSA) is 90.9 Å². The molecule has 0 aromatic heterocycles. The molecule has 0 radical (unpaired) electrons. The first-order chi connectivity index (χ1) is 11.4. The van der Waals surface area contributed by atoms with Crippen LogP contribution in [0.2, 0.25) is 0 Å². The van der Waals surface area contributed by atoms with Crippen LogP contribution in [0.15, 0.2) is 30.9 Å². The van der Waals surface area contributed by atoms with Crippen LogP contribution in [-0.4, -0.2) is 44.0 Å². The maximum Gasteiger partial charge on any atom is 0.344 e. The van der Waals surface area contributed by atoms with Crippen molar-refractivity contribution in [2.24, 2.45) is 0 Å². The first kappa shape index (κ1) is 19.2. The summed E-state index contributed by atoms with van der Waals surface area (Å²) in [5, 5.41) is 2.52. The second kappa shape index (κ2) is 9.34. The third kappa shape index (κ3) is 5.75. The fourth-order valence-corrected chi connectivity index (χ4v) is 1.74. The van der Waals surface area contributed by atoms with E-state index in [4.69, 9.17) is 14.2 Å². The molecule has 0 saturated carbocycles. The number of Topliss-reactive ketones (excluding diaryl/α,β-unsaturated/α-hetero) is 1. The summed E-state index contributed by atoms with van der Waals surface area (Å²) in [6.07, 6.45) is 0.579. The quantitative estimate of drug-likeness (QED) is 0.418. The molecule has 24 heavy (non-hydrogen) atoms. The van der Waals surface area contributed by atoms with Crippen molar-refractivity contribution in [2.45, 2.75) is 20.0 Å². The second-order valence-electron chi connectivity index (χ2n) is 4.88. The molecule has 7 nitrogen and oxygen atoms in total. The average Bonchev–Trinajstić information content (AvgIpc) is 2.57. The van der Waals surface area contributed by atoms with Gasteiger partial charge in [-0.15, -0.1) is 6.58 Å². The maximum atomic E-state index is 11.7. The Hall–Kier alpha value is -2.83. The molecule has 1 atom stereocenters. The number of ether oxygens (including phenoxy) is 3. The number of carbonyl (C=O) groups is 3. The van der Waals surface area contributed by atoms with Gasteiger partial charge in [0, 0.05) is 12.1 Å². The zero-order valence-electron chi connectivity index (χ0n) is 14.0. The Kier molecular flexibility index (Phi) is 7.48. The van der Waals surface area contributed by atoms with Crippen LogP contribution in [0, 0.1) is 0 Å². The largest absolute Gasteiger partial charge is 0.493 e. The molecule has 0 unspecified atom stereocenters. The third-order valence-corrected chi connectivity index (χ3v) is 3.01. The zero-order valence-corrected chi connectivity index (χ0v) is 14.0. The molecule has 0 bridgehead atoms. The van der Waals surface area contributed by atoms with Gasteiger partial charge in [-0.3, -0.25) is 9.59 Å². The number of hydrogen-bond acceptors (Lipinski definition) is 6. The second-order valence-corrected chi connectivity index (χ2v) is 4.88. The molecule has 0 aliphatic rings. The van der Waals surface area contributed by atoms with E-state index in [-0.39, 0.29) is 12.3 Å². The fourth-order valence-electron chi connectivity index (χ4n) is 1.74. The Morgan fingerprint density at radius 2 is 2.00 bits per heavy atom. The molecule has 130 valence electrons. The summed E-state index contributed by atoms with van der Waals surface area (Å²) in [7, 11) is 1.43. The lowest BCUT2D eigenvalue weighted by Crippen LogP contribution is -2.36. The van der Waals surface area contributed by atoms with Gasteiger partial charge in [-0.25, -0.2) is 4.79 Å². The Morgan fingerprint density at radius 1 is 1.29 bits per heavy atom. The third-order valence-electron chi connectivity index (χ3n) is 3.01. The summed E-state index contributed by atoms with van der Waals surface area (Å²) in [5.74, 6) is -0.616. The molecule has 1 aromatic rings. The number of methoxy groups -OCH3 is 1. The molecule has 0 aliphatic heterocycles. The van der Waals surface area contributed by atoms with E-state index >= 15 is 0 Å². The fraction of sp³-hybridized carbons (Fsp3) is 0.353. The Morgan fingerprint density at radius 3 is 2.58 bits per heavy atom. The monoisotopic (exact) mass is 335 g/mol. The lowest BCUT2D eigenvalue weighted by molar-refractivity contribution is -0.156. The summed E-state index contributed by atoms with van der Waals surface area (Å²) >= 11 is 0. The number of benzene rings is 1. The highest BCUT2D eigenvalue weighted by molar-refractivity contribution is 5.94. The lowest BCUT2D eigenvalue weighted by Gasteiger charge is -2.14. The highest BCUT2D eigenvalue weighted by Gasteiger charge is 2.18. The van der Waals surface area contributed by atoms with E-state index < -0.39 is 24.6 Å². The van der Waals surface area contributed by atoms with Crippen molar-refractivity contribution in [3.05, 3.63) is 36.4 Å². The zero-order chi connectivity index (χ0) is 18.1. The summed E-state index contributed by atoms with van der Waals surface area (Å²) in [6, 6.07) is 4.62. The van der Waals surface area contributed by atoms with Gasteiger partial charge in [-0.1, -0.05) is 6.08 Å². The number of esters is 1. The average molecular weight is 335 g/mol. The summed E-state index contributed by atoms with van der Waals surface area (Å²) < 4.78 is 15.4. The van der Waals surface area contributed by atoms with Gasteiger partial charge in [-0.05, 0) is 32.0 Å². The number of ketones is 1. The Balaban J connectivity index is 2.59. The Bertz CT molecular complexity index is 626. The van der Waals surface area contributed by atoms with Gasteiger partial charge in [0.1, 0.15) is 0 Å². The predicted octanol–water partition coefficient (Wildman–Crippen LogP) is 1.51. The summed E-state index contributed by atoms with van der Waals surface area (Å²) in [6.45, 7) is 6.26. The van der Waals surface area contributed by atoms with Crippen molar-refractivity contribution in [3.63, 3.8) is 0 Å². The SMILES string of the molecule is C=CCNC(=O)[C@@H](C)OC(=O)COc1ccc(C(C)=O)cc1OC. The lowest BCUT2D eigenvalue weighted by atomic mass is 10.1. The number of nitrogens with one attached hydrogen (secondary N) is 1. The van der Waals surface area contributed by atoms with E-state index in [1.54, 1.807) is 6.07 Å². The van der Waals surface area contributed by atoms with Crippen molar-refractivity contribution < 1.29 is 28.6 Å². The van der Waals surface area contributed by atoms with Gasteiger partial charge < -0.3 is 19.5 Å². The molecule has 1 N–H and O–H groups in total. The Labute approximate surface area is 140 Å². The van der Waals surface area contributed by atoms with Crippen LogP contribution in [0.25, 0.3) is 0 Å². The van der Waals surface area contributed by atoms with Gasteiger partial charge in [0.25, 0.3) is 5.91 Å². The predicted molar refractivity (Wildman–Crippen MR) is 87.3 cm³/mol. The highest BCUT2D eigenvalue weighted by atomic mass is 16.6. The van der Waals surface area contributed by atoms with E-state index in [0.29, 0.717) is 17.1 Å². The molecule has 0 fully saturated rings. The van der Waals surface area contributed by atoms with E-state index in [0.717, 1.165) is 0 Å². The van der Waals surface area contributed by atoms with Crippen molar-refractivity contribution in [2.75, 3.05) is 20.3 Å². The molecule has 1 aromatic carbocycles. The van der Waals surface area contributed by atoms with Crippen LogP contribution in [-0.2, 0) is 14.3 Å². The molecule has 7 heteroatoms. The van der Waals surface area contributed by atoms with Crippen LogP contribution >= 0.6 is 0 Å². The molecule has 0 heterocycles. The molecule has 0 spiro atoms. The van der Waals surface area contributed by atoms with E-state index in [1.807, 2.05) is 0 Å². The standard InChI is InChI=1S/C17H21NO6/c1-5-8-18-17(21)12(3)24-16(20)10-23-14-7-6-13(11(2)19)9-15(14)22-4/h5-7,9,12H,1,8,10H2,2-4H3,(H,18,21)/t12-/m1/s1. The molecule has 0 aliphatic carbocycles. The number of amides is 1. The molecule has 0 saturated heterocycles. The van der Waals surface area contributed by atoms with Crippen molar-refractivity contribution in [1.82, 2.24) is 5.32 Å². The molecule has 1 rings (SSSR count). The van der Waals surface area contributed by atoms with Crippen LogP contribution in [0.3, 0.4) is 0 Å². The van der Waals surface area contributed by atoms with Gasteiger partial charge in [0.2, 0.25) is 0 Å². The van der Waals surface area contributed by atoms with E-state index in [2.05, 4.69) is 11.9 Å². The minimum absolute atomic E-state index is 0.112. The number of hydrogen-bond donors (Lipinski definition) is 1.